The van der Waals surface area contributed by atoms with Crippen LogP contribution in [0.25, 0.3) is 0 Å². The number of morpholine rings is 1. The third kappa shape index (κ3) is 2.03. The Morgan fingerprint density at radius 3 is 2.65 bits per heavy atom. The summed E-state index contributed by atoms with van der Waals surface area (Å²) in [6.45, 7) is 3.90. The fourth-order valence-corrected chi connectivity index (χ4v) is 2.72. The summed E-state index contributed by atoms with van der Waals surface area (Å²) in [6.07, 6.45) is 3.12. The average Bonchev–Trinajstić information content (AvgIpc) is 2.68. The largest absolute Gasteiger partial charge is 0.392 e. The Morgan fingerprint density at radius 1 is 1.35 bits per heavy atom. The van der Waals surface area contributed by atoms with E-state index >= 15 is 0 Å². The van der Waals surface area contributed by atoms with Gasteiger partial charge in [0, 0.05) is 18.8 Å². The van der Waals surface area contributed by atoms with Crippen LogP contribution in [0.5, 0.6) is 0 Å². The molecular formula is C13H18N2O2. The number of aromatic nitrogens is 1. The SMILES string of the molecule is Cc1nc(N2CC3CCC(C2)O3)ccc1CO. The Hall–Kier alpha value is -1.13. The molecule has 0 amide bonds. The Labute approximate surface area is 101 Å². The van der Waals surface area contributed by atoms with Crippen LogP contribution < -0.4 is 4.90 Å². The van der Waals surface area contributed by atoms with Gasteiger partial charge in [0.25, 0.3) is 0 Å². The van der Waals surface area contributed by atoms with E-state index in [-0.39, 0.29) is 6.61 Å². The highest BCUT2D eigenvalue weighted by Crippen LogP contribution is 2.29. The van der Waals surface area contributed by atoms with Gasteiger partial charge in [-0.15, -0.1) is 0 Å². The van der Waals surface area contributed by atoms with Gasteiger partial charge < -0.3 is 14.7 Å². The van der Waals surface area contributed by atoms with Crippen molar-refractivity contribution in [3.63, 3.8) is 0 Å². The van der Waals surface area contributed by atoms with Gasteiger partial charge >= 0.3 is 0 Å². The van der Waals surface area contributed by atoms with Crippen LogP contribution in [0.4, 0.5) is 5.82 Å². The second-order valence-electron chi connectivity index (χ2n) is 4.93. The number of aliphatic hydroxyl groups excluding tert-OH is 1. The number of rotatable bonds is 2. The smallest absolute Gasteiger partial charge is 0.128 e. The van der Waals surface area contributed by atoms with E-state index in [2.05, 4.69) is 9.88 Å². The van der Waals surface area contributed by atoms with Gasteiger partial charge in [-0.3, -0.25) is 0 Å². The molecule has 3 rings (SSSR count). The molecule has 1 aromatic rings. The Kier molecular flexibility index (Phi) is 2.76. The van der Waals surface area contributed by atoms with Crippen LogP contribution in [0.2, 0.25) is 0 Å². The molecule has 3 heterocycles. The minimum absolute atomic E-state index is 0.0630. The van der Waals surface area contributed by atoms with E-state index in [4.69, 9.17) is 9.84 Å². The van der Waals surface area contributed by atoms with Gasteiger partial charge in [0.2, 0.25) is 0 Å². The van der Waals surface area contributed by atoms with Gasteiger partial charge in [-0.25, -0.2) is 4.98 Å². The second kappa shape index (κ2) is 4.27. The minimum atomic E-state index is 0.0630. The van der Waals surface area contributed by atoms with E-state index in [1.54, 1.807) is 0 Å². The van der Waals surface area contributed by atoms with Crippen LogP contribution in [0, 0.1) is 6.92 Å². The molecule has 2 saturated heterocycles. The predicted octanol–water partition coefficient (Wildman–Crippen LogP) is 1.25. The molecule has 0 spiro atoms. The standard InChI is InChI=1S/C13H18N2O2/c1-9-10(8-16)2-5-13(14-9)15-6-11-3-4-12(7-15)17-11/h2,5,11-12,16H,3-4,6-8H2,1H3. The number of nitrogens with zero attached hydrogens (tertiary/aromatic N) is 2. The topological polar surface area (TPSA) is 45.6 Å². The van der Waals surface area contributed by atoms with Crippen molar-refractivity contribution in [2.45, 2.75) is 38.6 Å². The molecule has 4 nitrogen and oxygen atoms in total. The van der Waals surface area contributed by atoms with E-state index in [0.717, 1.165) is 30.2 Å². The Balaban J connectivity index is 1.82. The highest BCUT2D eigenvalue weighted by molar-refractivity contribution is 5.42. The number of hydrogen-bond donors (Lipinski definition) is 1. The van der Waals surface area contributed by atoms with Crippen molar-refractivity contribution in [2.24, 2.45) is 0 Å². The normalized spacial score (nSPS) is 27.5. The highest BCUT2D eigenvalue weighted by Gasteiger charge is 2.34. The van der Waals surface area contributed by atoms with E-state index in [1.165, 1.54) is 12.8 Å². The lowest BCUT2D eigenvalue weighted by Gasteiger charge is -2.33. The number of pyridine rings is 1. The summed E-state index contributed by atoms with van der Waals surface area (Å²) in [6, 6.07) is 3.97. The molecule has 4 heteroatoms. The fourth-order valence-electron chi connectivity index (χ4n) is 2.72. The first-order valence-corrected chi connectivity index (χ1v) is 6.24. The number of aliphatic hydroxyl groups is 1. The van der Waals surface area contributed by atoms with Gasteiger partial charge in [0.1, 0.15) is 5.82 Å². The monoisotopic (exact) mass is 234 g/mol. The quantitative estimate of drug-likeness (QED) is 0.836. The lowest BCUT2D eigenvalue weighted by Crippen LogP contribution is -2.43. The fraction of sp³-hybridized carbons (Fsp3) is 0.615. The molecule has 1 N–H and O–H groups in total. The number of aryl methyl sites for hydroxylation is 1. The molecule has 1 aromatic heterocycles. The Morgan fingerprint density at radius 2 is 2.06 bits per heavy atom. The number of fused-ring (bicyclic) bond motifs is 2. The summed E-state index contributed by atoms with van der Waals surface area (Å²) in [7, 11) is 0. The van der Waals surface area contributed by atoms with E-state index in [0.29, 0.717) is 12.2 Å². The number of ether oxygens (including phenoxy) is 1. The van der Waals surface area contributed by atoms with Gasteiger partial charge in [-0.2, -0.15) is 0 Å². The summed E-state index contributed by atoms with van der Waals surface area (Å²) < 4.78 is 5.81. The third-order valence-corrected chi connectivity index (χ3v) is 3.72. The van der Waals surface area contributed by atoms with Gasteiger partial charge in [-0.1, -0.05) is 6.07 Å². The van der Waals surface area contributed by atoms with Crippen LogP contribution in [-0.4, -0.2) is 35.4 Å². The maximum atomic E-state index is 9.14. The number of anilines is 1. The first-order valence-electron chi connectivity index (χ1n) is 6.24. The van der Waals surface area contributed by atoms with E-state index in [1.807, 2.05) is 19.1 Å². The maximum Gasteiger partial charge on any atom is 0.128 e. The molecule has 2 bridgehead atoms. The van der Waals surface area contributed by atoms with Crippen molar-refractivity contribution in [1.82, 2.24) is 4.98 Å². The maximum absolute atomic E-state index is 9.14. The zero-order valence-corrected chi connectivity index (χ0v) is 10.1. The zero-order chi connectivity index (χ0) is 11.8. The van der Waals surface area contributed by atoms with Crippen molar-refractivity contribution in [3.05, 3.63) is 23.4 Å². The highest BCUT2D eigenvalue weighted by atomic mass is 16.5. The average molecular weight is 234 g/mol. The van der Waals surface area contributed by atoms with Crippen molar-refractivity contribution < 1.29 is 9.84 Å². The summed E-state index contributed by atoms with van der Waals surface area (Å²) in [5.41, 5.74) is 1.83. The minimum Gasteiger partial charge on any atom is -0.392 e. The van der Waals surface area contributed by atoms with Crippen LogP contribution >= 0.6 is 0 Å². The molecule has 0 aromatic carbocycles. The molecule has 2 fully saturated rings. The molecule has 0 saturated carbocycles. The summed E-state index contributed by atoms with van der Waals surface area (Å²) in [5, 5.41) is 9.14. The summed E-state index contributed by atoms with van der Waals surface area (Å²) in [4.78, 5) is 6.88. The van der Waals surface area contributed by atoms with Crippen LogP contribution in [0.1, 0.15) is 24.1 Å². The van der Waals surface area contributed by atoms with Crippen LogP contribution in [-0.2, 0) is 11.3 Å². The van der Waals surface area contributed by atoms with Gasteiger partial charge in [0.05, 0.1) is 18.8 Å². The van der Waals surface area contributed by atoms with Gasteiger partial charge in [0.15, 0.2) is 0 Å². The zero-order valence-electron chi connectivity index (χ0n) is 10.1. The number of hydrogen-bond acceptors (Lipinski definition) is 4. The predicted molar refractivity (Wildman–Crippen MR) is 65.0 cm³/mol. The molecule has 2 aliphatic heterocycles. The van der Waals surface area contributed by atoms with E-state index in [9.17, 15) is 0 Å². The summed E-state index contributed by atoms with van der Waals surface area (Å²) >= 11 is 0. The second-order valence-corrected chi connectivity index (χ2v) is 4.93. The van der Waals surface area contributed by atoms with Crippen LogP contribution in [0.3, 0.4) is 0 Å². The Bertz CT molecular complexity index is 410. The van der Waals surface area contributed by atoms with Crippen molar-refractivity contribution in [1.29, 1.82) is 0 Å². The van der Waals surface area contributed by atoms with Crippen molar-refractivity contribution >= 4 is 5.82 Å². The van der Waals surface area contributed by atoms with Crippen molar-refractivity contribution in [3.8, 4) is 0 Å². The molecule has 17 heavy (non-hydrogen) atoms. The van der Waals surface area contributed by atoms with Gasteiger partial charge in [-0.05, 0) is 31.4 Å². The van der Waals surface area contributed by atoms with Crippen LogP contribution in [0.15, 0.2) is 12.1 Å². The summed E-state index contributed by atoms with van der Waals surface area (Å²) in [5.74, 6) is 1.01. The molecular weight excluding hydrogens is 216 g/mol. The molecule has 2 aliphatic rings. The lowest BCUT2D eigenvalue weighted by molar-refractivity contribution is 0.0302. The first-order chi connectivity index (χ1) is 8.26. The van der Waals surface area contributed by atoms with E-state index < -0.39 is 0 Å². The third-order valence-electron chi connectivity index (χ3n) is 3.72. The molecule has 2 atom stereocenters. The lowest BCUT2D eigenvalue weighted by atomic mass is 10.2. The molecule has 92 valence electrons. The van der Waals surface area contributed by atoms with Crippen molar-refractivity contribution in [2.75, 3.05) is 18.0 Å². The molecule has 0 aliphatic carbocycles. The first kappa shape index (κ1) is 11.0. The molecule has 2 unspecified atom stereocenters. The molecule has 0 radical (unpaired) electrons.